The molecule has 0 spiro atoms. The lowest BCUT2D eigenvalue weighted by atomic mass is 10.2. The van der Waals surface area contributed by atoms with Crippen molar-refractivity contribution in [1.29, 1.82) is 0 Å². The standard InChI is InChI=1S/C14H14ClN3O3/c15-10-5-3-9(4-6-10)13-16-12(21-17-13)8-18-7-1-2-11(18)14(19)20/h3-6,11H,1-2,7-8H2,(H,19,20)/t11-/m0/s1. The molecule has 0 saturated carbocycles. The van der Waals surface area contributed by atoms with Gasteiger partial charge in [-0.15, -0.1) is 0 Å². The third-order valence-electron chi connectivity index (χ3n) is 3.56. The first-order valence-electron chi connectivity index (χ1n) is 6.69. The lowest BCUT2D eigenvalue weighted by Gasteiger charge is -2.18. The monoisotopic (exact) mass is 307 g/mol. The molecule has 21 heavy (non-hydrogen) atoms. The maximum atomic E-state index is 11.1. The maximum absolute atomic E-state index is 11.1. The number of benzene rings is 1. The molecule has 1 aliphatic rings. The van der Waals surface area contributed by atoms with E-state index in [1.165, 1.54) is 0 Å². The molecule has 0 bridgehead atoms. The molecule has 1 aromatic carbocycles. The van der Waals surface area contributed by atoms with E-state index >= 15 is 0 Å². The predicted octanol–water partition coefficient (Wildman–Crippen LogP) is 2.44. The zero-order valence-electron chi connectivity index (χ0n) is 11.2. The Balaban J connectivity index is 1.73. The summed E-state index contributed by atoms with van der Waals surface area (Å²) in [5.74, 6) is 0.103. The molecule has 1 fully saturated rings. The molecule has 1 aromatic heterocycles. The Morgan fingerprint density at radius 2 is 2.19 bits per heavy atom. The van der Waals surface area contributed by atoms with Crippen molar-refractivity contribution < 1.29 is 14.4 Å². The molecular weight excluding hydrogens is 294 g/mol. The van der Waals surface area contributed by atoms with Crippen molar-refractivity contribution in [3.63, 3.8) is 0 Å². The lowest BCUT2D eigenvalue weighted by Crippen LogP contribution is -2.35. The van der Waals surface area contributed by atoms with E-state index < -0.39 is 12.0 Å². The molecule has 1 atom stereocenters. The van der Waals surface area contributed by atoms with Crippen LogP contribution in [0.25, 0.3) is 11.4 Å². The molecule has 2 aromatic rings. The smallest absolute Gasteiger partial charge is 0.320 e. The summed E-state index contributed by atoms with van der Waals surface area (Å²) >= 11 is 5.84. The summed E-state index contributed by atoms with van der Waals surface area (Å²) in [4.78, 5) is 17.3. The summed E-state index contributed by atoms with van der Waals surface area (Å²) in [5, 5.41) is 13.7. The summed E-state index contributed by atoms with van der Waals surface area (Å²) in [6.45, 7) is 1.09. The van der Waals surface area contributed by atoms with Gasteiger partial charge in [-0.25, -0.2) is 0 Å². The van der Waals surface area contributed by atoms with Gasteiger partial charge in [-0.1, -0.05) is 16.8 Å². The Hall–Kier alpha value is -1.92. The molecule has 110 valence electrons. The topological polar surface area (TPSA) is 79.5 Å². The number of nitrogens with zero attached hydrogens (tertiary/aromatic N) is 3. The fourth-order valence-electron chi connectivity index (χ4n) is 2.50. The Morgan fingerprint density at radius 3 is 2.90 bits per heavy atom. The first kappa shape index (κ1) is 14.0. The molecule has 0 aliphatic carbocycles. The van der Waals surface area contributed by atoms with E-state index in [1.807, 2.05) is 17.0 Å². The summed E-state index contributed by atoms with van der Waals surface area (Å²) in [6.07, 6.45) is 1.53. The molecule has 3 rings (SSSR count). The van der Waals surface area contributed by atoms with Crippen LogP contribution in [0.4, 0.5) is 0 Å². The Morgan fingerprint density at radius 1 is 1.43 bits per heavy atom. The molecule has 1 saturated heterocycles. The molecule has 2 heterocycles. The highest BCUT2D eigenvalue weighted by atomic mass is 35.5. The van der Waals surface area contributed by atoms with Crippen LogP contribution in [-0.2, 0) is 11.3 Å². The number of rotatable bonds is 4. The van der Waals surface area contributed by atoms with Gasteiger partial charge in [0.2, 0.25) is 11.7 Å². The van der Waals surface area contributed by atoms with Crippen molar-refractivity contribution in [1.82, 2.24) is 15.0 Å². The second-order valence-electron chi connectivity index (χ2n) is 4.99. The third kappa shape index (κ3) is 3.06. The van der Waals surface area contributed by atoms with Gasteiger partial charge < -0.3 is 9.63 Å². The van der Waals surface area contributed by atoms with E-state index in [4.69, 9.17) is 21.2 Å². The second-order valence-corrected chi connectivity index (χ2v) is 5.42. The van der Waals surface area contributed by atoms with Crippen LogP contribution < -0.4 is 0 Å². The van der Waals surface area contributed by atoms with Gasteiger partial charge in [0.15, 0.2) is 0 Å². The Kier molecular flexibility index (Phi) is 3.90. The number of carboxylic acid groups (broad SMARTS) is 1. The van der Waals surface area contributed by atoms with Gasteiger partial charge in [0.05, 0.1) is 6.54 Å². The van der Waals surface area contributed by atoms with Crippen LogP contribution in [0.3, 0.4) is 0 Å². The van der Waals surface area contributed by atoms with E-state index in [2.05, 4.69) is 10.1 Å². The zero-order valence-corrected chi connectivity index (χ0v) is 12.0. The number of carbonyl (C=O) groups is 1. The number of aliphatic carboxylic acids is 1. The number of carboxylic acids is 1. The van der Waals surface area contributed by atoms with Gasteiger partial charge in [0.1, 0.15) is 6.04 Å². The number of halogens is 1. The van der Waals surface area contributed by atoms with E-state index in [0.717, 1.165) is 18.5 Å². The second kappa shape index (κ2) is 5.83. The predicted molar refractivity (Wildman–Crippen MR) is 75.8 cm³/mol. The highest BCUT2D eigenvalue weighted by Gasteiger charge is 2.31. The molecule has 1 N–H and O–H groups in total. The van der Waals surface area contributed by atoms with Gasteiger partial charge in [0.25, 0.3) is 0 Å². The minimum atomic E-state index is -0.801. The van der Waals surface area contributed by atoms with Gasteiger partial charge >= 0.3 is 5.97 Å². The fraction of sp³-hybridized carbons (Fsp3) is 0.357. The summed E-state index contributed by atoms with van der Waals surface area (Å²) in [5.41, 5.74) is 0.811. The molecule has 0 radical (unpaired) electrons. The molecular formula is C14H14ClN3O3. The van der Waals surface area contributed by atoms with Crippen molar-refractivity contribution in [2.45, 2.75) is 25.4 Å². The highest BCUT2D eigenvalue weighted by Crippen LogP contribution is 2.22. The van der Waals surface area contributed by atoms with Crippen molar-refractivity contribution in [2.24, 2.45) is 0 Å². The van der Waals surface area contributed by atoms with Crippen LogP contribution in [0.5, 0.6) is 0 Å². The third-order valence-corrected chi connectivity index (χ3v) is 3.81. The number of hydrogen-bond acceptors (Lipinski definition) is 5. The fourth-order valence-corrected chi connectivity index (χ4v) is 2.63. The summed E-state index contributed by atoms with van der Waals surface area (Å²) in [7, 11) is 0. The molecule has 0 amide bonds. The van der Waals surface area contributed by atoms with E-state index in [9.17, 15) is 4.79 Å². The van der Waals surface area contributed by atoms with Crippen LogP contribution >= 0.6 is 11.6 Å². The number of aromatic nitrogens is 2. The maximum Gasteiger partial charge on any atom is 0.320 e. The van der Waals surface area contributed by atoms with Gasteiger partial charge in [-0.2, -0.15) is 4.98 Å². The van der Waals surface area contributed by atoms with Crippen LogP contribution in [0.15, 0.2) is 28.8 Å². The van der Waals surface area contributed by atoms with Crippen molar-refractivity contribution >= 4 is 17.6 Å². The summed E-state index contributed by atoms with van der Waals surface area (Å²) < 4.78 is 5.21. The van der Waals surface area contributed by atoms with Gasteiger partial charge in [0, 0.05) is 10.6 Å². The van der Waals surface area contributed by atoms with Crippen LogP contribution in [0.1, 0.15) is 18.7 Å². The highest BCUT2D eigenvalue weighted by molar-refractivity contribution is 6.30. The SMILES string of the molecule is O=C(O)[C@@H]1CCCN1Cc1nc(-c2ccc(Cl)cc2)no1. The molecule has 1 aliphatic heterocycles. The first-order valence-corrected chi connectivity index (χ1v) is 7.06. The Bertz CT molecular complexity index is 641. The van der Waals surface area contributed by atoms with Crippen LogP contribution in [-0.4, -0.2) is 38.7 Å². The van der Waals surface area contributed by atoms with E-state index in [0.29, 0.717) is 29.7 Å². The molecule has 7 heteroatoms. The minimum absolute atomic E-state index is 0.359. The van der Waals surface area contributed by atoms with E-state index in [-0.39, 0.29) is 0 Å². The first-order chi connectivity index (χ1) is 10.1. The van der Waals surface area contributed by atoms with Gasteiger partial charge in [-0.3, -0.25) is 9.69 Å². The molecule has 0 unspecified atom stereocenters. The Labute approximate surface area is 126 Å². The zero-order chi connectivity index (χ0) is 14.8. The van der Waals surface area contributed by atoms with Crippen molar-refractivity contribution in [3.8, 4) is 11.4 Å². The average molecular weight is 308 g/mol. The number of hydrogen-bond donors (Lipinski definition) is 1. The minimum Gasteiger partial charge on any atom is -0.480 e. The average Bonchev–Trinajstić information content (AvgIpc) is 3.09. The number of likely N-dealkylation sites (tertiary alicyclic amines) is 1. The van der Waals surface area contributed by atoms with Crippen LogP contribution in [0, 0.1) is 0 Å². The normalized spacial score (nSPS) is 19.0. The van der Waals surface area contributed by atoms with Crippen molar-refractivity contribution in [3.05, 3.63) is 35.2 Å². The largest absolute Gasteiger partial charge is 0.480 e. The summed E-state index contributed by atoms with van der Waals surface area (Å²) in [6, 6.07) is 6.68. The lowest BCUT2D eigenvalue weighted by molar-refractivity contribution is -0.142. The van der Waals surface area contributed by atoms with Crippen molar-refractivity contribution in [2.75, 3.05) is 6.54 Å². The van der Waals surface area contributed by atoms with Gasteiger partial charge in [-0.05, 0) is 43.7 Å². The van der Waals surface area contributed by atoms with E-state index in [1.54, 1.807) is 12.1 Å². The quantitative estimate of drug-likeness (QED) is 0.934. The molecule has 6 nitrogen and oxygen atoms in total. The van der Waals surface area contributed by atoms with Crippen LogP contribution in [0.2, 0.25) is 5.02 Å².